The molecule has 1 unspecified atom stereocenters. The third-order valence-electron chi connectivity index (χ3n) is 4.89. The molecule has 6 heteroatoms. The van der Waals surface area contributed by atoms with E-state index in [1.807, 2.05) is 18.2 Å². The number of carbonyl (C=O) groups is 1. The Kier molecular flexibility index (Phi) is 7.03. The second-order valence-electron chi connectivity index (χ2n) is 6.69. The average molecular weight is 394 g/mol. The van der Waals surface area contributed by atoms with Crippen molar-refractivity contribution in [2.24, 2.45) is 0 Å². The molecule has 3 rings (SSSR count). The summed E-state index contributed by atoms with van der Waals surface area (Å²) in [6.45, 7) is 6.41. The summed E-state index contributed by atoms with van der Waals surface area (Å²) >= 11 is 0. The molecule has 0 aliphatic heterocycles. The quantitative estimate of drug-likeness (QED) is 0.564. The summed E-state index contributed by atoms with van der Waals surface area (Å²) in [5.74, 6) is 0.276. The normalized spacial score (nSPS) is 12.1. The molecule has 6 nitrogen and oxygen atoms in total. The fraction of sp³-hybridized carbons (Fsp3) is 0.304. The summed E-state index contributed by atoms with van der Waals surface area (Å²) in [4.78, 5) is 26.0. The molecule has 0 aliphatic carbocycles. The molecule has 0 saturated heterocycles. The summed E-state index contributed by atoms with van der Waals surface area (Å²) in [6, 6.07) is 18.5. The van der Waals surface area contributed by atoms with E-state index in [9.17, 15) is 9.59 Å². The van der Waals surface area contributed by atoms with Crippen LogP contribution in [0.15, 0.2) is 69.9 Å². The molecular weight excluding hydrogens is 368 g/mol. The molecule has 1 atom stereocenters. The van der Waals surface area contributed by atoms with Gasteiger partial charge in [-0.3, -0.25) is 9.69 Å². The van der Waals surface area contributed by atoms with Crippen LogP contribution in [0.1, 0.15) is 25.5 Å². The van der Waals surface area contributed by atoms with Crippen LogP contribution < -0.4 is 15.7 Å². The van der Waals surface area contributed by atoms with Crippen molar-refractivity contribution in [2.75, 3.05) is 26.2 Å². The molecule has 29 heavy (non-hydrogen) atoms. The molecule has 3 aromatic rings. The Morgan fingerprint density at radius 3 is 2.52 bits per heavy atom. The second-order valence-corrected chi connectivity index (χ2v) is 6.69. The monoisotopic (exact) mass is 394 g/mol. The molecule has 0 spiro atoms. The highest BCUT2D eigenvalue weighted by atomic mass is 16.5. The first kappa shape index (κ1) is 20.6. The lowest BCUT2D eigenvalue weighted by Crippen LogP contribution is -2.39. The first-order valence-corrected chi connectivity index (χ1v) is 9.83. The van der Waals surface area contributed by atoms with Gasteiger partial charge < -0.3 is 14.5 Å². The second kappa shape index (κ2) is 9.89. The molecule has 0 saturated carbocycles. The van der Waals surface area contributed by atoms with Crippen molar-refractivity contribution in [1.29, 1.82) is 0 Å². The molecule has 1 N–H and O–H groups in total. The number of benzene rings is 2. The van der Waals surface area contributed by atoms with Gasteiger partial charge in [0, 0.05) is 24.1 Å². The molecule has 2 aromatic carbocycles. The number of hydrogen-bond donors (Lipinski definition) is 1. The van der Waals surface area contributed by atoms with Crippen LogP contribution in [0.4, 0.5) is 0 Å². The fourth-order valence-corrected chi connectivity index (χ4v) is 3.34. The topological polar surface area (TPSA) is 71.8 Å². The van der Waals surface area contributed by atoms with E-state index >= 15 is 0 Å². The fourth-order valence-electron chi connectivity index (χ4n) is 3.34. The number of ether oxygens (including phenoxy) is 1. The predicted molar refractivity (Wildman–Crippen MR) is 113 cm³/mol. The van der Waals surface area contributed by atoms with Crippen LogP contribution >= 0.6 is 0 Å². The highest BCUT2D eigenvalue weighted by molar-refractivity contribution is 5.79. The number of fused-ring (bicyclic) bond motifs is 1. The van der Waals surface area contributed by atoms with Gasteiger partial charge in [0.1, 0.15) is 11.3 Å². The maximum Gasteiger partial charge on any atom is 0.336 e. The number of rotatable bonds is 9. The van der Waals surface area contributed by atoms with E-state index < -0.39 is 5.63 Å². The number of carbonyl (C=O) groups excluding carboxylic acids is 1. The summed E-state index contributed by atoms with van der Waals surface area (Å²) in [5.41, 5.74) is 1.18. The van der Waals surface area contributed by atoms with E-state index in [4.69, 9.17) is 9.15 Å². The van der Waals surface area contributed by atoms with Crippen LogP contribution in [-0.2, 0) is 4.79 Å². The van der Waals surface area contributed by atoms with Crippen LogP contribution in [0.25, 0.3) is 11.0 Å². The number of nitrogens with one attached hydrogen (secondary N) is 1. The van der Waals surface area contributed by atoms with E-state index in [1.165, 1.54) is 11.6 Å². The summed E-state index contributed by atoms with van der Waals surface area (Å²) in [6.07, 6.45) is 0. The Labute approximate surface area is 170 Å². The Morgan fingerprint density at radius 2 is 1.79 bits per heavy atom. The van der Waals surface area contributed by atoms with Gasteiger partial charge in [-0.2, -0.15) is 0 Å². The standard InChI is InChI=1S/C23H26N2O4/c1-3-25(4-2)20(17-8-6-5-7-9-17)15-24-22(26)16-28-19-12-10-18-11-13-23(27)29-21(18)14-19/h5-14,20H,3-4,15-16H2,1-2H3,(H,24,26). The van der Waals surface area contributed by atoms with Crippen molar-refractivity contribution in [1.82, 2.24) is 10.2 Å². The van der Waals surface area contributed by atoms with Crippen LogP contribution in [0.3, 0.4) is 0 Å². The van der Waals surface area contributed by atoms with Gasteiger partial charge in [0.05, 0.1) is 6.04 Å². The zero-order valence-corrected chi connectivity index (χ0v) is 16.8. The van der Waals surface area contributed by atoms with Gasteiger partial charge in [-0.1, -0.05) is 44.2 Å². The Hall–Kier alpha value is -3.12. The minimum atomic E-state index is -0.421. The molecular formula is C23H26N2O4. The largest absolute Gasteiger partial charge is 0.484 e. The molecule has 0 aliphatic rings. The minimum Gasteiger partial charge on any atom is -0.484 e. The van der Waals surface area contributed by atoms with Gasteiger partial charge in [-0.25, -0.2) is 4.79 Å². The lowest BCUT2D eigenvalue weighted by atomic mass is 10.1. The van der Waals surface area contributed by atoms with Crippen LogP contribution in [0.5, 0.6) is 5.75 Å². The number of amides is 1. The van der Waals surface area contributed by atoms with Crippen molar-refractivity contribution in [2.45, 2.75) is 19.9 Å². The molecule has 1 aromatic heterocycles. The maximum atomic E-state index is 12.3. The van der Waals surface area contributed by atoms with E-state index in [0.717, 1.165) is 18.5 Å². The first-order chi connectivity index (χ1) is 14.1. The van der Waals surface area contributed by atoms with E-state index in [0.29, 0.717) is 17.9 Å². The van der Waals surface area contributed by atoms with Gasteiger partial charge in [-0.05, 0) is 36.9 Å². The summed E-state index contributed by atoms with van der Waals surface area (Å²) in [5, 5.41) is 3.77. The van der Waals surface area contributed by atoms with Crippen molar-refractivity contribution in [3.05, 3.63) is 76.6 Å². The lowest BCUT2D eigenvalue weighted by Gasteiger charge is -2.30. The van der Waals surface area contributed by atoms with Crippen molar-refractivity contribution in [3.63, 3.8) is 0 Å². The molecule has 0 fully saturated rings. The first-order valence-electron chi connectivity index (χ1n) is 9.83. The third-order valence-corrected chi connectivity index (χ3v) is 4.89. The Balaban J connectivity index is 1.60. The van der Waals surface area contributed by atoms with Crippen molar-refractivity contribution < 1.29 is 13.9 Å². The lowest BCUT2D eigenvalue weighted by molar-refractivity contribution is -0.123. The zero-order chi connectivity index (χ0) is 20.6. The number of hydrogen-bond acceptors (Lipinski definition) is 5. The number of nitrogens with zero attached hydrogens (tertiary/aromatic N) is 1. The summed E-state index contributed by atoms with van der Waals surface area (Å²) < 4.78 is 10.7. The van der Waals surface area contributed by atoms with Crippen LogP contribution in [0, 0.1) is 0 Å². The number of likely N-dealkylation sites (N-methyl/N-ethyl adjacent to an activating group) is 1. The Morgan fingerprint density at radius 1 is 1.07 bits per heavy atom. The third kappa shape index (κ3) is 5.45. The van der Waals surface area contributed by atoms with Gasteiger partial charge in [-0.15, -0.1) is 0 Å². The molecule has 1 amide bonds. The SMILES string of the molecule is CCN(CC)C(CNC(=O)COc1ccc2ccc(=O)oc2c1)c1ccccc1. The summed E-state index contributed by atoms with van der Waals surface area (Å²) in [7, 11) is 0. The highest BCUT2D eigenvalue weighted by Gasteiger charge is 2.18. The van der Waals surface area contributed by atoms with E-state index in [2.05, 4.69) is 36.2 Å². The smallest absolute Gasteiger partial charge is 0.336 e. The highest BCUT2D eigenvalue weighted by Crippen LogP contribution is 2.20. The molecule has 152 valence electrons. The van der Waals surface area contributed by atoms with Gasteiger partial charge in [0.25, 0.3) is 5.91 Å². The predicted octanol–water partition coefficient (Wildman–Crippen LogP) is 3.37. The molecule has 1 heterocycles. The average Bonchev–Trinajstić information content (AvgIpc) is 2.75. The van der Waals surface area contributed by atoms with Gasteiger partial charge in [0.15, 0.2) is 6.61 Å². The van der Waals surface area contributed by atoms with Crippen molar-refractivity contribution in [3.8, 4) is 5.75 Å². The van der Waals surface area contributed by atoms with Crippen LogP contribution in [0.2, 0.25) is 0 Å². The Bertz CT molecular complexity index is 996. The van der Waals surface area contributed by atoms with Gasteiger partial charge >= 0.3 is 5.63 Å². The molecule has 0 bridgehead atoms. The zero-order valence-electron chi connectivity index (χ0n) is 16.8. The van der Waals surface area contributed by atoms with E-state index in [1.54, 1.807) is 24.3 Å². The molecule has 0 radical (unpaired) electrons. The van der Waals surface area contributed by atoms with E-state index in [-0.39, 0.29) is 18.6 Å². The van der Waals surface area contributed by atoms with Crippen LogP contribution in [-0.4, -0.2) is 37.0 Å². The minimum absolute atomic E-state index is 0.102. The van der Waals surface area contributed by atoms with Gasteiger partial charge in [0.2, 0.25) is 0 Å². The van der Waals surface area contributed by atoms with Crippen molar-refractivity contribution >= 4 is 16.9 Å². The maximum absolute atomic E-state index is 12.3.